The second-order valence-corrected chi connectivity index (χ2v) is 1.95. The first-order valence-corrected chi connectivity index (χ1v) is 2.80. The van der Waals surface area contributed by atoms with E-state index in [1.165, 1.54) is 0 Å². The summed E-state index contributed by atoms with van der Waals surface area (Å²) in [5.74, 6) is 0. The van der Waals surface area contributed by atoms with Crippen molar-refractivity contribution in [2.24, 2.45) is 0 Å². The summed E-state index contributed by atoms with van der Waals surface area (Å²) in [7, 11) is 1.66. The Hall–Kier alpha value is -0.830. The number of methoxy groups -OCH3 is 1. The second kappa shape index (κ2) is 2.64. The van der Waals surface area contributed by atoms with Crippen LogP contribution in [0.1, 0.15) is 5.69 Å². The highest BCUT2D eigenvalue weighted by Gasteiger charge is 1.88. The molecule has 0 aliphatic rings. The molecule has 9 heavy (non-hydrogen) atoms. The van der Waals surface area contributed by atoms with Crippen LogP contribution in [0.4, 0.5) is 0 Å². The zero-order valence-electron chi connectivity index (χ0n) is 5.66. The SMILES string of the molecule is COCn1cnc(C)c1. The summed E-state index contributed by atoms with van der Waals surface area (Å²) in [5.41, 5.74) is 1.02. The van der Waals surface area contributed by atoms with Crippen molar-refractivity contribution in [2.75, 3.05) is 7.11 Å². The van der Waals surface area contributed by atoms with Crippen LogP contribution in [-0.4, -0.2) is 16.7 Å². The molecule has 1 heterocycles. The minimum atomic E-state index is 0.584. The predicted octanol–water partition coefficient (Wildman–Crippen LogP) is 0.795. The number of aromatic nitrogens is 2. The molecule has 0 saturated heterocycles. The lowest BCUT2D eigenvalue weighted by Gasteiger charge is -1.95. The fourth-order valence-electron chi connectivity index (χ4n) is 0.692. The van der Waals surface area contributed by atoms with Gasteiger partial charge in [0.2, 0.25) is 0 Å². The quantitative estimate of drug-likeness (QED) is 0.586. The van der Waals surface area contributed by atoms with Crippen LogP contribution >= 0.6 is 0 Å². The molecule has 0 aromatic carbocycles. The van der Waals surface area contributed by atoms with Crippen LogP contribution in [0.25, 0.3) is 0 Å². The van der Waals surface area contributed by atoms with Gasteiger partial charge in [-0.05, 0) is 6.92 Å². The van der Waals surface area contributed by atoms with Crippen molar-refractivity contribution >= 4 is 0 Å². The molecular formula is C6H10N2O. The molecule has 0 radical (unpaired) electrons. The molecule has 3 nitrogen and oxygen atoms in total. The van der Waals surface area contributed by atoms with Crippen LogP contribution in [0, 0.1) is 6.92 Å². The van der Waals surface area contributed by atoms with Gasteiger partial charge in [0, 0.05) is 13.3 Å². The average molecular weight is 126 g/mol. The maximum atomic E-state index is 4.86. The number of imidazole rings is 1. The monoisotopic (exact) mass is 126 g/mol. The Balaban J connectivity index is 2.61. The first kappa shape index (κ1) is 6.29. The normalized spacial score (nSPS) is 10.0. The largest absolute Gasteiger partial charge is 0.364 e. The summed E-state index contributed by atoms with van der Waals surface area (Å²) >= 11 is 0. The van der Waals surface area contributed by atoms with Gasteiger partial charge in [0.15, 0.2) is 0 Å². The van der Waals surface area contributed by atoms with Crippen molar-refractivity contribution in [2.45, 2.75) is 13.7 Å². The fraction of sp³-hybridized carbons (Fsp3) is 0.500. The van der Waals surface area contributed by atoms with Gasteiger partial charge in [-0.2, -0.15) is 0 Å². The van der Waals surface area contributed by atoms with E-state index in [1.54, 1.807) is 13.4 Å². The summed E-state index contributed by atoms with van der Waals surface area (Å²) in [6.45, 7) is 2.53. The molecule has 1 rings (SSSR count). The molecule has 3 heteroatoms. The molecule has 0 atom stereocenters. The van der Waals surface area contributed by atoms with E-state index in [1.807, 2.05) is 17.7 Å². The van der Waals surface area contributed by atoms with Crippen molar-refractivity contribution in [1.82, 2.24) is 9.55 Å². The highest BCUT2D eigenvalue weighted by molar-refractivity contribution is 4.91. The highest BCUT2D eigenvalue weighted by Crippen LogP contribution is 1.91. The number of aryl methyl sites for hydroxylation is 1. The summed E-state index contributed by atoms with van der Waals surface area (Å²) in [4.78, 5) is 4.02. The second-order valence-electron chi connectivity index (χ2n) is 1.95. The maximum absolute atomic E-state index is 4.86. The van der Waals surface area contributed by atoms with Crippen LogP contribution in [0.5, 0.6) is 0 Å². The Morgan fingerprint density at radius 3 is 3.00 bits per heavy atom. The molecule has 0 N–H and O–H groups in total. The highest BCUT2D eigenvalue weighted by atomic mass is 16.5. The number of nitrogens with zero attached hydrogens (tertiary/aromatic N) is 2. The minimum absolute atomic E-state index is 0.584. The molecule has 0 aliphatic carbocycles. The number of rotatable bonds is 2. The molecule has 50 valence electrons. The van der Waals surface area contributed by atoms with Crippen LogP contribution in [-0.2, 0) is 11.5 Å². The lowest BCUT2D eigenvalue weighted by Crippen LogP contribution is -1.94. The number of ether oxygens (including phenoxy) is 1. The van der Waals surface area contributed by atoms with E-state index >= 15 is 0 Å². The van der Waals surface area contributed by atoms with Crippen LogP contribution in [0.15, 0.2) is 12.5 Å². The molecule has 0 unspecified atom stereocenters. The lowest BCUT2D eigenvalue weighted by atomic mass is 10.6. The predicted molar refractivity (Wildman–Crippen MR) is 34.0 cm³/mol. The summed E-state index contributed by atoms with van der Waals surface area (Å²) in [6, 6.07) is 0. The maximum Gasteiger partial charge on any atom is 0.123 e. The Bertz CT molecular complexity index is 183. The van der Waals surface area contributed by atoms with E-state index in [0.717, 1.165) is 5.69 Å². The van der Waals surface area contributed by atoms with Crippen LogP contribution < -0.4 is 0 Å². The molecule has 1 aromatic rings. The summed E-state index contributed by atoms with van der Waals surface area (Å²) in [5, 5.41) is 0. The zero-order valence-corrected chi connectivity index (χ0v) is 5.66. The molecule has 0 spiro atoms. The van der Waals surface area contributed by atoms with E-state index in [-0.39, 0.29) is 0 Å². The Morgan fingerprint density at radius 2 is 2.56 bits per heavy atom. The third-order valence-electron chi connectivity index (χ3n) is 1.04. The van der Waals surface area contributed by atoms with Gasteiger partial charge in [-0.1, -0.05) is 0 Å². The van der Waals surface area contributed by atoms with E-state index in [4.69, 9.17) is 4.74 Å². The topological polar surface area (TPSA) is 27.1 Å². The van der Waals surface area contributed by atoms with Gasteiger partial charge in [0.1, 0.15) is 6.73 Å². The summed E-state index contributed by atoms with van der Waals surface area (Å²) in [6.07, 6.45) is 3.68. The average Bonchev–Trinajstić information content (AvgIpc) is 2.17. The first-order valence-electron chi connectivity index (χ1n) is 2.80. The van der Waals surface area contributed by atoms with E-state index in [2.05, 4.69) is 4.98 Å². The van der Waals surface area contributed by atoms with Gasteiger partial charge in [0.05, 0.1) is 12.0 Å². The van der Waals surface area contributed by atoms with Gasteiger partial charge in [-0.3, -0.25) is 0 Å². The van der Waals surface area contributed by atoms with Crippen LogP contribution in [0.3, 0.4) is 0 Å². The standard InChI is InChI=1S/C6H10N2O/c1-6-3-8(4-7-6)5-9-2/h3-4H,5H2,1-2H3. The molecule has 0 saturated carbocycles. The van der Waals surface area contributed by atoms with E-state index in [0.29, 0.717) is 6.73 Å². The lowest BCUT2D eigenvalue weighted by molar-refractivity contribution is 0.131. The zero-order chi connectivity index (χ0) is 6.69. The van der Waals surface area contributed by atoms with Crippen molar-refractivity contribution < 1.29 is 4.74 Å². The molecule has 1 aromatic heterocycles. The first-order chi connectivity index (χ1) is 4.33. The van der Waals surface area contributed by atoms with E-state index in [9.17, 15) is 0 Å². The van der Waals surface area contributed by atoms with Crippen molar-refractivity contribution in [3.05, 3.63) is 18.2 Å². The molecular weight excluding hydrogens is 116 g/mol. The minimum Gasteiger partial charge on any atom is -0.364 e. The number of hydrogen-bond donors (Lipinski definition) is 0. The Labute approximate surface area is 54.3 Å². The van der Waals surface area contributed by atoms with Crippen molar-refractivity contribution in [3.63, 3.8) is 0 Å². The molecule has 0 amide bonds. The Morgan fingerprint density at radius 1 is 1.78 bits per heavy atom. The van der Waals surface area contributed by atoms with Gasteiger partial charge in [0.25, 0.3) is 0 Å². The number of hydrogen-bond acceptors (Lipinski definition) is 2. The fourth-order valence-corrected chi connectivity index (χ4v) is 0.692. The van der Waals surface area contributed by atoms with Gasteiger partial charge >= 0.3 is 0 Å². The van der Waals surface area contributed by atoms with Gasteiger partial charge < -0.3 is 9.30 Å². The van der Waals surface area contributed by atoms with Crippen molar-refractivity contribution in [3.8, 4) is 0 Å². The molecule has 0 bridgehead atoms. The van der Waals surface area contributed by atoms with Crippen LogP contribution in [0.2, 0.25) is 0 Å². The Kier molecular flexibility index (Phi) is 1.85. The molecule has 0 aliphatic heterocycles. The smallest absolute Gasteiger partial charge is 0.123 e. The van der Waals surface area contributed by atoms with Gasteiger partial charge in [-0.15, -0.1) is 0 Å². The third kappa shape index (κ3) is 1.54. The van der Waals surface area contributed by atoms with Crippen molar-refractivity contribution in [1.29, 1.82) is 0 Å². The summed E-state index contributed by atoms with van der Waals surface area (Å²) < 4.78 is 6.75. The third-order valence-corrected chi connectivity index (χ3v) is 1.04. The van der Waals surface area contributed by atoms with E-state index < -0.39 is 0 Å². The van der Waals surface area contributed by atoms with Gasteiger partial charge in [-0.25, -0.2) is 4.98 Å². The molecule has 0 fully saturated rings.